The summed E-state index contributed by atoms with van der Waals surface area (Å²) < 4.78 is 7.16. The highest BCUT2D eigenvalue weighted by Gasteiger charge is 2.22. The minimum Gasteiger partial charge on any atom is -0.381 e. The van der Waals surface area contributed by atoms with E-state index in [1.807, 2.05) is 24.4 Å². The summed E-state index contributed by atoms with van der Waals surface area (Å²) in [6.45, 7) is 0.674. The molecule has 0 spiro atoms. The number of amides is 1. The number of ether oxygens (including phenoxy) is 1. The van der Waals surface area contributed by atoms with E-state index in [9.17, 15) is 4.79 Å². The second-order valence-corrected chi connectivity index (χ2v) is 6.09. The van der Waals surface area contributed by atoms with Gasteiger partial charge >= 0.3 is 0 Å². The van der Waals surface area contributed by atoms with Crippen molar-refractivity contribution in [3.05, 3.63) is 53.9 Å². The number of methoxy groups -OCH3 is 1. The van der Waals surface area contributed by atoms with Crippen LogP contribution < -0.4 is 5.32 Å². The average molecular weight is 313 g/mol. The van der Waals surface area contributed by atoms with Crippen molar-refractivity contribution in [1.29, 1.82) is 0 Å². The van der Waals surface area contributed by atoms with Crippen molar-refractivity contribution in [2.45, 2.75) is 44.4 Å². The van der Waals surface area contributed by atoms with Crippen molar-refractivity contribution in [3.63, 3.8) is 0 Å². The van der Waals surface area contributed by atoms with Crippen LogP contribution in [-0.2, 0) is 11.3 Å². The first-order valence-corrected chi connectivity index (χ1v) is 8.14. The van der Waals surface area contributed by atoms with Gasteiger partial charge in [-0.1, -0.05) is 30.3 Å². The van der Waals surface area contributed by atoms with Crippen LogP contribution in [0.5, 0.6) is 0 Å². The Labute approximate surface area is 136 Å². The number of aromatic nitrogens is 2. The number of hydrogen-bond acceptors (Lipinski definition) is 3. The van der Waals surface area contributed by atoms with Crippen LogP contribution in [0.3, 0.4) is 0 Å². The van der Waals surface area contributed by atoms with E-state index in [-0.39, 0.29) is 11.9 Å². The summed E-state index contributed by atoms with van der Waals surface area (Å²) in [4.78, 5) is 12.3. The lowest BCUT2D eigenvalue weighted by atomic mass is 9.93. The molecule has 5 nitrogen and oxygen atoms in total. The first-order valence-electron chi connectivity index (χ1n) is 8.14. The maximum Gasteiger partial charge on any atom is 0.254 e. The molecule has 122 valence electrons. The summed E-state index contributed by atoms with van der Waals surface area (Å²) in [6, 6.07) is 10.3. The number of rotatable bonds is 5. The summed E-state index contributed by atoms with van der Waals surface area (Å²) in [5, 5.41) is 7.40. The van der Waals surface area contributed by atoms with Crippen molar-refractivity contribution >= 4 is 5.91 Å². The summed E-state index contributed by atoms with van der Waals surface area (Å²) in [7, 11) is 1.75. The minimum absolute atomic E-state index is 0.0369. The Kier molecular flexibility index (Phi) is 5.08. The molecule has 2 aromatic rings. The van der Waals surface area contributed by atoms with Gasteiger partial charge in [0.2, 0.25) is 0 Å². The van der Waals surface area contributed by atoms with Gasteiger partial charge in [0, 0.05) is 19.3 Å². The van der Waals surface area contributed by atoms with Crippen LogP contribution in [-0.4, -0.2) is 34.9 Å². The van der Waals surface area contributed by atoms with E-state index in [1.165, 1.54) is 5.56 Å². The molecule has 1 aliphatic carbocycles. The van der Waals surface area contributed by atoms with Crippen molar-refractivity contribution < 1.29 is 9.53 Å². The van der Waals surface area contributed by atoms with Crippen LogP contribution in [0.4, 0.5) is 0 Å². The van der Waals surface area contributed by atoms with Gasteiger partial charge in [-0.2, -0.15) is 5.10 Å². The molecule has 1 N–H and O–H groups in total. The molecule has 0 atom stereocenters. The molecule has 1 aromatic heterocycles. The zero-order valence-electron chi connectivity index (χ0n) is 13.4. The molecule has 0 radical (unpaired) electrons. The summed E-state index contributed by atoms with van der Waals surface area (Å²) in [5.41, 5.74) is 1.79. The predicted molar refractivity (Wildman–Crippen MR) is 88.3 cm³/mol. The standard InChI is InChI=1S/C18H23N3O2/c1-23-17-9-7-16(8-10-17)20-18(22)15-11-19-21(13-15)12-14-5-3-2-4-6-14/h2-6,11,13,16-17H,7-10,12H2,1H3,(H,20,22). The van der Waals surface area contributed by atoms with E-state index in [0.717, 1.165) is 25.7 Å². The first-order chi connectivity index (χ1) is 11.2. The van der Waals surface area contributed by atoms with Crippen molar-refractivity contribution in [1.82, 2.24) is 15.1 Å². The molecule has 1 heterocycles. The minimum atomic E-state index is -0.0369. The fraction of sp³-hybridized carbons (Fsp3) is 0.444. The van der Waals surface area contributed by atoms with Crippen LogP contribution in [0.15, 0.2) is 42.7 Å². The molecule has 0 bridgehead atoms. The van der Waals surface area contributed by atoms with Crippen LogP contribution in [0.25, 0.3) is 0 Å². The van der Waals surface area contributed by atoms with E-state index in [2.05, 4.69) is 22.5 Å². The van der Waals surface area contributed by atoms with Gasteiger partial charge < -0.3 is 10.1 Å². The van der Waals surface area contributed by atoms with E-state index < -0.39 is 0 Å². The Morgan fingerprint density at radius 1 is 1.26 bits per heavy atom. The Morgan fingerprint density at radius 2 is 2.00 bits per heavy atom. The highest BCUT2D eigenvalue weighted by molar-refractivity contribution is 5.93. The zero-order chi connectivity index (χ0) is 16.1. The van der Waals surface area contributed by atoms with E-state index >= 15 is 0 Å². The molecule has 1 amide bonds. The molecule has 1 aliphatic rings. The molecule has 0 aliphatic heterocycles. The molecule has 1 aromatic carbocycles. The largest absolute Gasteiger partial charge is 0.381 e. The van der Waals surface area contributed by atoms with E-state index in [0.29, 0.717) is 18.2 Å². The third kappa shape index (κ3) is 4.20. The lowest BCUT2D eigenvalue weighted by Gasteiger charge is -2.28. The van der Waals surface area contributed by atoms with Crippen molar-refractivity contribution in [2.24, 2.45) is 0 Å². The van der Waals surface area contributed by atoms with Crippen LogP contribution >= 0.6 is 0 Å². The number of nitrogens with zero attached hydrogens (tertiary/aromatic N) is 2. The second-order valence-electron chi connectivity index (χ2n) is 6.09. The van der Waals surface area contributed by atoms with Gasteiger partial charge in [0.05, 0.1) is 24.4 Å². The molecule has 3 rings (SSSR count). The third-order valence-electron chi connectivity index (χ3n) is 4.43. The number of carbonyl (C=O) groups excluding carboxylic acids is 1. The van der Waals surface area contributed by atoms with Gasteiger partial charge in [0.15, 0.2) is 0 Å². The average Bonchev–Trinajstić information content (AvgIpc) is 3.05. The van der Waals surface area contributed by atoms with Gasteiger partial charge in [-0.3, -0.25) is 9.48 Å². The van der Waals surface area contributed by atoms with Crippen LogP contribution in [0.2, 0.25) is 0 Å². The maximum absolute atomic E-state index is 12.3. The van der Waals surface area contributed by atoms with E-state index in [1.54, 1.807) is 18.0 Å². The van der Waals surface area contributed by atoms with Crippen LogP contribution in [0, 0.1) is 0 Å². The second kappa shape index (κ2) is 7.42. The smallest absolute Gasteiger partial charge is 0.254 e. The summed E-state index contributed by atoms with van der Waals surface area (Å²) >= 11 is 0. The van der Waals surface area contributed by atoms with Crippen molar-refractivity contribution in [3.8, 4) is 0 Å². The molecule has 23 heavy (non-hydrogen) atoms. The van der Waals surface area contributed by atoms with Crippen LogP contribution in [0.1, 0.15) is 41.6 Å². The number of hydrogen-bond donors (Lipinski definition) is 1. The molecule has 5 heteroatoms. The molecule has 1 fully saturated rings. The third-order valence-corrected chi connectivity index (χ3v) is 4.43. The summed E-state index contributed by atoms with van der Waals surface area (Å²) in [5.74, 6) is -0.0369. The van der Waals surface area contributed by atoms with Gasteiger partial charge in [0.1, 0.15) is 0 Å². The Balaban J connectivity index is 1.54. The van der Waals surface area contributed by atoms with Gasteiger partial charge in [-0.25, -0.2) is 0 Å². The topological polar surface area (TPSA) is 56.1 Å². The first kappa shape index (κ1) is 15.7. The zero-order valence-corrected chi connectivity index (χ0v) is 13.4. The molecular formula is C18H23N3O2. The van der Waals surface area contributed by atoms with Gasteiger partial charge in [-0.05, 0) is 31.2 Å². The SMILES string of the molecule is COC1CCC(NC(=O)c2cnn(Cc3ccccc3)c2)CC1. The fourth-order valence-electron chi connectivity index (χ4n) is 3.05. The Morgan fingerprint density at radius 3 is 2.70 bits per heavy atom. The Hall–Kier alpha value is -2.14. The lowest BCUT2D eigenvalue weighted by molar-refractivity contribution is 0.0599. The van der Waals surface area contributed by atoms with Gasteiger partial charge in [0.25, 0.3) is 5.91 Å². The normalized spacial score (nSPS) is 21.1. The quantitative estimate of drug-likeness (QED) is 0.923. The fourth-order valence-corrected chi connectivity index (χ4v) is 3.05. The van der Waals surface area contributed by atoms with Gasteiger partial charge in [-0.15, -0.1) is 0 Å². The van der Waals surface area contributed by atoms with E-state index in [4.69, 9.17) is 4.74 Å². The summed E-state index contributed by atoms with van der Waals surface area (Å²) in [6.07, 6.45) is 7.76. The predicted octanol–water partition coefficient (Wildman–Crippen LogP) is 2.62. The maximum atomic E-state index is 12.3. The lowest BCUT2D eigenvalue weighted by Crippen LogP contribution is -2.38. The molecule has 0 saturated heterocycles. The monoisotopic (exact) mass is 313 g/mol. The molecule has 1 saturated carbocycles. The number of nitrogens with one attached hydrogen (secondary N) is 1. The number of benzene rings is 1. The number of carbonyl (C=O) groups is 1. The highest BCUT2D eigenvalue weighted by atomic mass is 16.5. The molecule has 0 unspecified atom stereocenters. The Bertz CT molecular complexity index is 631. The molecular weight excluding hydrogens is 290 g/mol. The highest BCUT2D eigenvalue weighted by Crippen LogP contribution is 2.20. The van der Waals surface area contributed by atoms with Crippen molar-refractivity contribution in [2.75, 3.05) is 7.11 Å².